The maximum atomic E-state index is 12.2. The van der Waals surface area contributed by atoms with Gasteiger partial charge in [-0.1, -0.05) is 11.6 Å². The number of methoxy groups -OCH3 is 2. The van der Waals surface area contributed by atoms with Crippen molar-refractivity contribution < 1.29 is 23.8 Å². The van der Waals surface area contributed by atoms with E-state index in [1.54, 1.807) is 30.3 Å². The van der Waals surface area contributed by atoms with Crippen LogP contribution in [0.1, 0.15) is 15.9 Å². The van der Waals surface area contributed by atoms with Gasteiger partial charge in [0, 0.05) is 5.02 Å². The third-order valence-corrected chi connectivity index (χ3v) is 3.89. The van der Waals surface area contributed by atoms with Gasteiger partial charge in [0.15, 0.2) is 6.61 Å². The summed E-state index contributed by atoms with van der Waals surface area (Å²) in [6.45, 7) is 1.56. The first kappa shape index (κ1) is 19.4. The molecule has 138 valence electrons. The Kier molecular flexibility index (Phi) is 6.68. The Bertz CT molecular complexity index is 810. The predicted octanol–water partition coefficient (Wildman–Crippen LogP) is 2.51. The van der Waals surface area contributed by atoms with Crippen molar-refractivity contribution >= 4 is 23.4 Å². The summed E-state index contributed by atoms with van der Waals surface area (Å²) in [5.74, 6) is 0.279. The number of benzene rings is 2. The maximum Gasteiger partial charge on any atom is 0.276 e. The van der Waals surface area contributed by atoms with E-state index in [0.29, 0.717) is 22.3 Å². The molecule has 0 bridgehead atoms. The second-order valence-electron chi connectivity index (χ2n) is 5.27. The van der Waals surface area contributed by atoms with Crippen molar-refractivity contribution in [3.8, 4) is 17.2 Å². The number of hydrogen-bond acceptors (Lipinski definition) is 5. The second kappa shape index (κ2) is 8.96. The topological polar surface area (TPSA) is 85.9 Å². The van der Waals surface area contributed by atoms with Gasteiger partial charge in [0.05, 0.1) is 19.8 Å². The molecule has 0 heterocycles. The van der Waals surface area contributed by atoms with Crippen molar-refractivity contribution in [1.82, 2.24) is 10.9 Å². The average molecular weight is 379 g/mol. The van der Waals surface area contributed by atoms with Gasteiger partial charge in [-0.25, -0.2) is 0 Å². The Labute approximate surface area is 156 Å². The van der Waals surface area contributed by atoms with Crippen molar-refractivity contribution in [2.75, 3.05) is 20.8 Å². The highest BCUT2D eigenvalue weighted by atomic mass is 35.5. The molecule has 26 heavy (non-hydrogen) atoms. The zero-order valence-corrected chi connectivity index (χ0v) is 15.3. The van der Waals surface area contributed by atoms with E-state index < -0.39 is 11.8 Å². The van der Waals surface area contributed by atoms with Crippen LogP contribution in [0.4, 0.5) is 0 Å². The standard InChI is InChI=1S/C18H19ClN2O5/c1-11-8-13(4-6-15(11)19)26-10-17(22)20-21-18(23)14-9-12(24-2)5-7-16(14)25-3/h4-9H,10H2,1-3H3,(H,20,22)(H,21,23). The van der Waals surface area contributed by atoms with E-state index >= 15 is 0 Å². The predicted molar refractivity (Wildman–Crippen MR) is 96.8 cm³/mol. The number of rotatable bonds is 6. The average Bonchev–Trinajstić information content (AvgIpc) is 2.66. The molecule has 2 aromatic rings. The lowest BCUT2D eigenvalue weighted by Crippen LogP contribution is -2.43. The highest BCUT2D eigenvalue weighted by molar-refractivity contribution is 6.31. The number of halogens is 1. The minimum atomic E-state index is -0.545. The van der Waals surface area contributed by atoms with E-state index in [-0.39, 0.29) is 12.2 Å². The molecule has 2 N–H and O–H groups in total. The molecular weight excluding hydrogens is 360 g/mol. The molecule has 0 aromatic heterocycles. The lowest BCUT2D eigenvalue weighted by molar-refractivity contribution is -0.123. The van der Waals surface area contributed by atoms with Gasteiger partial charge in [-0.15, -0.1) is 0 Å². The molecule has 0 unspecified atom stereocenters. The highest BCUT2D eigenvalue weighted by Gasteiger charge is 2.14. The molecule has 0 atom stereocenters. The fourth-order valence-electron chi connectivity index (χ4n) is 2.08. The number of aryl methyl sites for hydroxylation is 1. The molecular formula is C18H19ClN2O5. The summed E-state index contributed by atoms with van der Waals surface area (Å²) in [5, 5.41) is 0.612. The van der Waals surface area contributed by atoms with Gasteiger partial charge < -0.3 is 14.2 Å². The van der Waals surface area contributed by atoms with E-state index in [2.05, 4.69) is 10.9 Å². The number of hydrogen-bond donors (Lipinski definition) is 2. The number of amides is 2. The van der Waals surface area contributed by atoms with Gasteiger partial charge >= 0.3 is 0 Å². The summed E-state index contributed by atoms with van der Waals surface area (Å²) < 4.78 is 15.6. The fourth-order valence-corrected chi connectivity index (χ4v) is 2.19. The summed E-state index contributed by atoms with van der Waals surface area (Å²) in [7, 11) is 2.93. The van der Waals surface area contributed by atoms with Crippen LogP contribution in [0, 0.1) is 6.92 Å². The number of ether oxygens (including phenoxy) is 3. The molecule has 0 aliphatic carbocycles. The quantitative estimate of drug-likeness (QED) is 0.754. The van der Waals surface area contributed by atoms with Crippen LogP contribution in [0.2, 0.25) is 5.02 Å². The molecule has 2 amide bonds. The number of nitrogens with one attached hydrogen (secondary N) is 2. The summed E-state index contributed by atoms with van der Waals surface area (Å²) in [6.07, 6.45) is 0. The molecule has 0 saturated carbocycles. The van der Waals surface area contributed by atoms with Crippen molar-refractivity contribution in [2.45, 2.75) is 6.92 Å². The van der Waals surface area contributed by atoms with E-state index in [4.69, 9.17) is 25.8 Å². The lowest BCUT2D eigenvalue weighted by atomic mass is 10.2. The van der Waals surface area contributed by atoms with E-state index in [1.807, 2.05) is 6.92 Å². The second-order valence-corrected chi connectivity index (χ2v) is 5.68. The van der Waals surface area contributed by atoms with Crippen LogP contribution < -0.4 is 25.1 Å². The zero-order valence-electron chi connectivity index (χ0n) is 14.6. The minimum absolute atomic E-state index is 0.224. The van der Waals surface area contributed by atoms with Crippen LogP contribution in [0.3, 0.4) is 0 Å². The van der Waals surface area contributed by atoms with Gasteiger partial charge in [0.1, 0.15) is 17.2 Å². The van der Waals surface area contributed by atoms with Crippen molar-refractivity contribution in [1.29, 1.82) is 0 Å². The lowest BCUT2D eigenvalue weighted by Gasteiger charge is -2.12. The Balaban J connectivity index is 1.90. The fraction of sp³-hybridized carbons (Fsp3) is 0.222. The molecule has 2 rings (SSSR count). The summed E-state index contributed by atoms with van der Waals surface area (Å²) >= 11 is 5.93. The van der Waals surface area contributed by atoms with Crippen LogP contribution in [0.15, 0.2) is 36.4 Å². The SMILES string of the molecule is COc1ccc(OC)c(C(=O)NNC(=O)COc2ccc(Cl)c(C)c2)c1. The van der Waals surface area contributed by atoms with Gasteiger partial charge in [-0.05, 0) is 48.9 Å². The first-order chi connectivity index (χ1) is 12.4. The van der Waals surface area contributed by atoms with Crippen molar-refractivity contribution in [3.63, 3.8) is 0 Å². The smallest absolute Gasteiger partial charge is 0.276 e. The third-order valence-electron chi connectivity index (χ3n) is 3.47. The normalized spacial score (nSPS) is 10.0. The minimum Gasteiger partial charge on any atom is -0.497 e. The van der Waals surface area contributed by atoms with Crippen LogP contribution >= 0.6 is 11.6 Å². The molecule has 0 aliphatic rings. The maximum absolute atomic E-state index is 12.2. The Hall–Kier alpha value is -2.93. The summed E-state index contributed by atoms with van der Waals surface area (Å²) in [5.41, 5.74) is 5.65. The molecule has 0 spiro atoms. The van der Waals surface area contributed by atoms with Gasteiger partial charge in [0.25, 0.3) is 11.8 Å². The molecule has 0 saturated heterocycles. The Morgan fingerprint density at radius 3 is 2.38 bits per heavy atom. The molecule has 0 fully saturated rings. The summed E-state index contributed by atoms with van der Waals surface area (Å²) in [6, 6.07) is 9.82. The number of carbonyl (C=O) groups excluding carboxylic acids is 2. The highest BCUT2D eigenvalue weighted by Crippen LogP contribution is 2.23. The Morgan fingerprint density at radius 1 is 1.00 bits per heavy atom. The zero-order chi connectivity index (χ0) is 19.1. The number of hydrazine groups is 1. The van der Waals surface area contributed by atoms with Crippen molar-refractivity contribution in [2.24, 2.45) is 0 Å². The van der Waals surface area contributed by atoms with Gasteiger partial charge in [-0.2, -0.15) is 0 Å². The van der Waals surface area contributed by atoms with Crippen LogP contribution in [0.5, 0.6) is 17.2 Å². The summed E-state index contributed by atoms with van der Waals surface area (Å²) in [4.78, 5) is 24.1. The van der Waals surface area contributed by atoms with Crippen molar-refractivity contribution in [3.05, 3.63) is 52.5 Å². The van der Waals surface area contributed by atoms with Gasteiger partial charge in [0.2, 0.25) is 0 Å². The first-order valence-corrected chi connectivity index (χ1v) is 8.02. The van der Waals surface area contributed by atoms with Crippen LogP contribution in [-0.4, -0.2) is 32.6 Å². The van der Waals surface area contributed by atoms with E-state index in [9.17, 15) is 9.59 Å². The molecule has 2 aromatic carbocycles. The van der Waals surface area contributed by atoms with Crippen LogP contribution in [0.25, 0.3) is 0 Å². The first-order valence-electron chi connectivity index (χ1n) is 7.64. The molecule has 7 nitrogen and oxygen atoms in total. The van der Waals surface area contributed by atoms with Crippen LogP contribution in [-0.2, 0) is 4.79 Å². The monoisotopic (exact) mass is 378 g/mol. The molecule has 8 heteroatoms. The third kappa shape index (κ3) is 5.03. The largest absolute Gasteiger partial charge is 0.497 e. The molecule has 0 radical (unpaired) electrons. The van der Waals surface area contributed by atoms with E-state index in [1.165, 1.54) is 20.3 Å². The van der Waals surface area contributed by atoms with E-state index in [0.717, 1.165) is 5.56 Å². The number of carbonyl (C=O) groups is 2. The van der Waals surface area contributed by atoms with Gasteiger partial charge in [-0.3, -0.25) is 20.4 Å². The Morgan fingerprint density at radius 2 is 1.73 bits per heavy atom. The molecule has 0 aliphatic heterocycles.